The minimum absolute atomic E-state index is 0.334. The van der Waals surface area contributed by atoms with Crippen LogP contribution in [0.15, 0.2) is 66.9 Å². The maximum atomic E-state index is 12.1. The summed E-state index contributed by atoms with van der Waals surface area (Å²) < 4.78 is 5.12. The van der Waals surface area contributed by atoms with Crippen molar-refractivity contribution in [3.05, 3.63) is 72.4 Å². The van der Waals surface area contributed by atoms with E-state index >= 15 is 0 Å². The number of rotatable bonds is 4. The lowest BCUT2D eigenvalue weighted by molar-refractivity contribution is 0.0526. The number of ether oxygens (including phenoxy) is 1. The molecule has 0 unspecified atom stereocenters. The molecule has 3 rings (SSSR count). The van der Waals surface area contributed by atoms with Crippen LogP contribution in [0.25, 0.3) is 22.6 Å². The molecule has 3 aromatic rings. The Kier molecular flexibility index (Phi) is 4.43. The fourth-order valence-corrected chi connectivity index (χ4v) is 2.27. The summed E-state index contributed by atoms with van der Waals surface area (Å²) in [6, 6.07) is 18.8. The number of nitrogens with zero attached hydrogens (tertiary/aromatic N) is 2. The third kappa shape index (κ3) is 3.43. The number of hydrogen-bond acceptors (Lipinski definition) is 4. The van der Waals surface area contributed by atoms with Gasteiger partial charge in [-0.3, -0.25) is 4.98 Å². The van der Waals surface area contributed by atoms with Crippen LogP contribution in [0.1, 0.15) is 17.3 Å². The average molecular weight is 304 g/mol. The summed E-state index contributed by atoms with van der Waals surface area (Å²) in [4.78, 5) is 21.1. The molecule has 0 fully saturated rings. The van der Waals surface area contributed by atoms with E-state index in [4.69, 9.17) is 4.74 Å². The van der Waals surface area contributed by atoms with E-state index in [-0.39, 0.29) is 5.97 Å². The van der Waals surface area contributed by atoms with Crippen LogP contribution in [-0.4, -0.2) is 22.5 Å². The third-order valence-electron chi connectivity index (χ3n) is 3.33. The van der Waals surface area contributed by atoms with Gasteiger partial charge in [-0.2, -0.15) is 0 Å². The Balaban J connectivity index is 2.13. The first kappa shape index (κ1) is 14.9. The highest BCUT2D eigenvalue weighted by Gasteiger charge is 2.13. The number of aromatic nitrogens is 2. The third-order valence-corrected chi connectivity index (χ3v) is 3.33. The van der Waals surface area contributed by atoms with Crippen molar-refractivity contribution in [2.24, 2.45) is 0 Å². The zero-order chi connectivity index (χ0) is 16.1. The molecule has 1 aromatic carbocycles. The van der Waals surface area contributed by atoms with Crippen molar-refractivity contribution in [1.82, 2.24) is 9.97 Å². The van der Waals surface area contributed by atoms with Crippen molar-refractivity contribution in [1.29, 1.82) is 0 Å². The van der Waals surface area contributed by atoms with Crippen molar-refractivity contribution in [3.8, 4) is 22.6 Å². The molecule has 0 aliphatic carbocycles. The minimum atomic E-state index is -0.357. The molecule has 114 valence electrons. The maximum Gasteiger partial charge on any atom is 0.338 e. The SMILES string of the molecule is CCOC(=O)c1cc(-c2ccccc2)nc(-c2ccccn2)c1. The number of hydrogen-bond donors (Lipinski definition) is 0. The van der Waals surface area contributed by atoms with Crippen LogP contribution in [0.4, 0.5) is 0 Å². The predicted molar refractivity (Wildman–Crippen MR) is 88.9 cm³/mol. The van der Waals surface area contributed by atoms with Crippen LogP contribution in [-0.2, 0) is 4.74 Å². The molecule has 0 aliphatic rings. The molecule has 0 spiro atoms. The van der Waals surface area contributed by atoms with Crippen LogP contribution in [0.3, 0.4) is 0 Å². The highest BCUT2D eigenvalue weighted by Crippen LogP contribution is 2.24. The number of esters is 1. The quantitative estimate of drug-likeness (QED) is 0.684. The molecule has 2 aromatic heterocycles. The summed E-state index contributed by atoms with van der Waals surface area (Å²) >= 11 is 0. The second kappa shape index (κ2) is 6.83. The molecule has 23 heavy (non-hydrogen) atoms. The molecule has 0 N–H and O–H groups in total. The molecule has 2 heterocycles. The van der Waals surface area contributed by atoms with Crippen LogP contribution in [0, 0.1) is 0 Å². The molecule has 0 amide bonds. The lowest BCUT2D eigenvalue weighted by Crippen LogP contribution is -2.06. The highest BCUT2D eigenvalue weighted by atomic mass is 16.5. The van der Waals surface area contributed by atoms with E-state index in [1.54, 1.807) is 25.3 Å². The summed E-state index contributed by atoms with van der Waals surface area (Å²) in [7, 11) is 0. The van der Waals surface area contributed by atoms with Crippen LogP contribution in [0.2, 0.25) is 0 Å². The maximum absolute atomic E-state index is 12.1. The van der Waals surface area contributed by atoms with Gasteiger partial charge in [-0.15, -0.1) is 0 Å². The first-order valence-corrected chi connectivity index (χ1v) is 7.44. The van der Waals surface area contributed by atoms with Gasteiger partial charge in [-0.05, 0) is 31.2 Å². The lowest BCUT2D eigenvalue weighted by atomic mass is 10.1. The van der Waals surface area contributed by atoms with Crippen LogP contribution in [0.5, 0.6) is 0 Å². The predicted octanol–water partition coefficient (Wildman–Crippen LogP) is 3.99. The van der Waals surface area contributed by atoms with Gasteiger partial charge in [0.05, 0.1) is 29.3 Å². The van der Waals surface area contributed by atoms with Crippen LogP contribution >= 0.6 is 0 Å². The van der Waals surface area contributed by atoms with Crippen molar-refractivity contribution in [2.75, 3.05) is 6.61 Å². The van der Waals surface area contributed by atoms with Gasteiger partial charge in [0.25, 0.3) is 0 Å². The van der Waals surface area contributed by atoms with Gasteiger partial charge in [0.2, 0.25) is 0 Å². The van der Waals surface area contributed by atoms with Crippen LogP contribution < -0.4 is 0 Å². The molecule has 0 saturated heterocycles. The van der Waals surface area contributed by atoms with E-state index in [0.717, 1.165) is 17.0 Å². The second-order valence-corrected chi connectivity index (χ2v) is 4.93. The van der Waals surface area contributed by atoms with Crippen molar-refractivity contribution >= 4 is 5.97 Å². The molecule has 0 aliphatic heterocycles. The van der Waals surface area contributed by atoms with E-state index in [0.29, 0.717) is 17.9 Å². The normalized spacial score (nSPS) is 10.3. The molecule has 0 saturated carbocycles. The van der Waals surface area contributed by atoms with Gasteiger partial charge in [0, 0.05) is 11.8 Å². The molecule has 0 atom stereocenters. The van der Waals surface area contributed by atoms with E-state index in [1.807, 2.05) is 48.5 Å². The Labute approximate surface area is 134 Å². The Morgan fingerprint density at radius 2 is 1.70 bits per heavy atom. The van der Waals surface area contributed by atoms with E-state index in [1.165, 1.54) is 0 Å². The van der Waals surface area contributed by atoms with Gasteiger partial charge in [-0.25, -0.2) is 9.78 Å². The molecular weight excluding hydrogens is 288 g/mol. The van der Waals surface area contributed by atoms with E-state index < -0.39 is 0 Å². The summed E-state index contributed by atoms with van der Waals surface area (Å²) in [5.74, 6) is -0.357. The molecule has 4 heteroatoms. The zero-order valence-electron chi connectivity index (χ0n) is 12.8. The number of carbonyl (C=O) groups excluding carboxylic acids is 1. The standard InChI is InChI=1S/C19H16N2O2/c1-2-23-19(22)15-12-17(14-8-4-3-5-9-14)21-18(13-15)16-10-6-7-11-20-16/h3-13H,2H2,1H3. The summed E-state index contributed by atoms with van der Waals surface area (Å²) in [6.07, 6.45) is 1.70. The molecule has 0 radical (unpaired) electrons. The largest absolute Gasteiger partial charge is 0.462 e. The molecule has 0 bridgehead atoms. The lowest BCUT2D eigenvalue weighted by Gasteiger charge is -2.08. The topological polar surface area (TPSA) is 52.1 Å². The number of carbonyl (C=O) groups is 1. The van der Waals surface area contributed by atoms with Gasteiger partial charge >= 0.3 is 5.97 Å². The number of pyridine rings is 2. The Morgan fingerprint density at radius 3 is 2.39 bits per heavy atom. The fourth-order valence-electron chi connectivity index (χ4n) is 2.27. The summed E-state index contributed by atoms with van der Waals surface area (Å²) in [5.41, 5.74) is 3.50. The number of benzene rings is 1. The fraction of sp³-hybridized carbons (Fsp3) is 0.105. The zero-order valence-corrected chi connectivity index (χ0v) is 12.8. The summed E-state index contributed by atoms with van der Waals surface area (Å²) in [6.45, 7) is 2.12. The average Bonchev–Trinajstić information content (AvgIpc) is 2.63. The first-order chi connectivity index (χ1) is 11.3. The van der Waals surface area contributed by atoms with Gasteiger partial charge in [0.1, 0.15) is 0 Å². The monoisotopic (exact) mass is 304 g/mol. The molecule has 4 nitrogen and oxygen atoms in total. The Bertz CT molecular complexity index is 744. The van der Waals surface area contributed by atoms with Crippen molar-refractivity contribution in [3.63, 3.8) is 0 Å². The second-order valence-electron chi connectivity index (χ2n) is 4.93. The van der Waals surface area contributed by atoms with E-state index in [9.17, 15) is 4.79 Å². The minimum Gasteiger partial charge on any atom is -0.462 e. The van der Waals surface area contributed by atoms with Crippen molar-refractivity contribution in [2.45, 2.75) is 6.92 Å². The Morgan fingerprint density at radius 1 is 0.957 bits per heavy atom. The first-order valence-electron chi connectivity index (χ1n) is 7.44. The molecular formula is C19H16N2O2. The van der Waals surface area contributed by atoms with Gasteiger partial charge in [-0.1, -0.05) is 36.4 Å². The summed E-state index contributed by atoms with van der Waals surface area (Å²) in [5, 5.41) is 0. The highest BCUT2D eigenvalue weighted by molar-refractivity contribution is 5.92. The Hall–Kier alpha value is -3.01. The van der Waals surface area contributed by atoms with E-state index in [2.05, 4.69) is 9.97 Å². The smallest absolute Gasteiger partial charge is 0.338 e. The van der Waals surface area contributed by atoms with Crippen molar-refractivity contribution < 1.29 is 9.53 Å². The van der Waals surface area contributed by atoms with Gasteiger partial charge in [0.15, 0.2) is 0 Å². The van der Waals surface area contributed by atoms with Gasteiger partial charge < -0.3 is 4.74 Å².